The number of alkyl halides is 3. The summed E-state index contributed by atoms with van der Waals surface area (Å²) in [5, 5.41) is 0. The average molecular weight is 403 g/mol. The molecule has 1 saturated carbocycles. The van der Waals surface area contributed by atoms with Crippen LogP contribution in [-0.2, 0) is 25.8 Å². The maximum atomic E-state index is 13.1. The van der Waals surface area contributed by atoms with Crippen molar-refractivity contribution in [3.05, 3.63) is 95.1 Å². The Labute approximate surface area is 167 Å². The monoisotopic (exact) mass is 403 g/mol. The smallest absolute Gasteiger partial charge is 0.342 e. The van der Waals surface area contributed by atoms with Gasteiger partial charge in [0, 0.05) is 31.1 Å². The van der Waals surface area contributed by atoms with Gasteiger partial charge >= 0.3 is 6.18 Å². The minimum absolute atomic E-state index is 0.257. The first kappa shape index (κ1) is 19.7. The van der Waals surface area contributed by atoms with Gasteiger partial charge in [-0.15, -0.1) is 0 Å². The Bertz CT molecular complexity index is 956. The highest BCUT2D eigenvalue weighted by molar-refractivity contribution is 5.25. The highest BCUT2D eigenvalue weighted by Crippen LogP contribution is 2.29. The van der Waals surface area contributed by atoms with E-state index in [0.717, 1.165) is 36.7 Å². The Hall–Kier alpha value is -2.60. The molecule has 29 heavy (non-hydrogen) atoms. The molecule has 1 aliphatic rings. The number of quaternary nitrogens is 1. The number of hydrogen-bond donors (Lipinski definition) is 1. The third kappa shape index (κ3) is 5.07. The molecule has 6 heteroatoms. The van der Waals surface area contributed by atoms with Crippen molar-refractivity contribution >= 4 is 0 Å². The second-order valence-corrected chi connectivity index (χ2v) is 7.74. The van der Waals surface area contributed by atoms with Crippen LogP contribution in [0, 0.1) is 5.82 Å². The van der Waals surface area contributed by atoms with E-state index in [1.165, 1.54) is 29.2 Å². The highest BCUT2D eigenvalue weighted by atomic mass is 19.4. The zero-order chi connectivity index (χ0) is 20.4. The third-order valence-electron chi connectivity index (χ3n) is 5.44. The zero-order valence-electron chi connectivity index (χ0n) is 15.9. The molecule has 1 unspecified atom stereocenters. The lowest BCUT2D eigenvalue weighted by Gasteiger charge is -2.21. The van der Waals surface area contributed by atoms with Crippen LogP contribution in [0.1, 0.15) is 35.2 Å². The number of halogens is 4. The molecule has 0 spiro atoms. The second kappa shape index (κ2) is 8.03. The molecule has 1 aliphatic carbocycles. The first-order chi connectivity index (χ1) is 13.9. The minimum Gasteiger partial charge on any atom is -0.342 e. The van der Waals surface area contributed by atoms with Crippen molar-refractivity contribution in [1.82, 2.24) is 4.57 Å². The molecule has 2 nitrogen and oxygen atoms in total. The van der Waals surface area contributed by atoms with E-state index >= 15 is 0 Å². The van der Waals surface area contributed by atoms with Crippen molar-refractivity contribution < 1.29 is 22.5 Å². The SMILES string of the molecule is Fc1ccc(Cn2cccc2C[NH+](Cc2cccc(C(F)(F)F)c2)C2CC2)cc1. The number of nitrogens with zero attached hydrogens (tertiary/aromatic N) is 1. The van der Waals surface area contributed by atoms with Gasteiger partial charge in [0.1, 0.15) is 18.9 Å². The van der Waals surface area contributed by atoms with Gasteiger partial charge in [-0.1, -0.05) is 24.3 Å². The van der Waals surface area contributed by atoms with Gasteiger partial charge in [0.05, 0.1) is 17.3 Å². The van der Waals surface area contributed by atoms with E-state index in [1.807, 2.05) is 12.3 Å². The molecule has 2 aromatic carbocycles. The van der Waals surface area contributed by atoms with E-state index in [0.29, 0.717) is 24.7 Å². The molecule has 0 bridgehead atoms. The van der Waals surface area contributed by atoms with Gasteiger partial charge in [-0.3, -0.25) is 0 Å². The highest BCUT2D eigenvalue weighted by Gasteiger charge is 2.35. The van der Waals surface area contributed by atoms with Crippen LogP contribution in [-0.4, -0.2) is 10.6 Å². The van der Waals surface area contributed by atoms with E-state index in [2.05, 4.69) is 10.6 Å². The zero-order valence-corrected chi connectivity index (χ0v) is 15.9. The molecular weight excluding hydrogens is 380 g/mol. The molecule has 1 fully saturated rings. The maximum Gasteiger partial charge on any atom is 0.416 e. The lowest BCUT2D eigenvalue weighted by atomic mass is 10.1. The first-order valence-electron chi connectivity index (χ1n) is 9.77. The van der Waals surface area contributed by atoms with Gasteiger partial charge in [0.25, 0.3) is 0 Å². The number of hydrogen-bond acceptors (Lipinski definition) is 0. The number of benzene rings is 2. The summed E-state index contributed by atoms with van der Waals surface area (Å²) in [6.07, 6.45) is -0.118. The molecule has 1 atom stereocenters. The van der Waals surface area contributed by atoms with Gasteiger partial charge in [0.15, 0.2) is 0 Å². The first-order valence-corrected chi connectivity index (χ1v) is 9.77. The molecule has 4 rings (SSSR count). The fourth-order valence-electron chi connectivity index (χ4n) is 3.75. The van der Waals surface area contributed by atoms with Crippen molar-refractivity contribution in [3.63, 3.8) is 0 Å². The van der Waals surface area contributed by atoms with Crippen LogP contribution in [0.3, 0.4) is 0 Å². The summed E-state index contributed by atoms with van der Waals surface area (Å²) < 4.78 is 54.4. The van der Waals surface area contributed by atoms with Gasteiger partial charge < -0.3 is 9.47 Å². The Morgan fingerprint density at radius 2 is 1.66 bits per heavy atom. The Kier molecular flexibility index (Phi) is 5.46. The quantitative estimate of drug-likeness (QED) is 0.559. The van der Waals surface area contributed by atoms with Crippen LogP contribution in [0.25, 0.3) is 0 Å². The maximum absolute atomic E-state index is 13.1. The molecule has 0 aliphatic heterocycles. The molecule has 1 N–H and O–H groups in total. The van der Waals surface area contributed by atoms with E-state index in [4.69, 9.17) is 0 Å². The predicted octanol–water partition coefficient (Wildman–Crippen LogP) is 4.44. The van der Waals surface area contributed by atoms with Crippen LogP contribution in [0.4, 0.5) is 17.6 Å². The molecule has 1 aromatic heterocycles. The van der Waals surface area contributed by atoms with Crippen LogP contribution in [0.5, 0.6) is 0 Å². The Balaban J connectivity index is 1.49. The van der Waals surface area contributed by atoms with Crippen LogP contribution in [0.15, 0.2) is 66.9 Å². The third-order valence-corrected chi connectivity index (χ3v) is 5.44. The summed E-state index contributed by atoms with van der Waals surface area (Å²) in [5.41, 5.74) is 2.25. The molecule has 3 aromatic rings. The van der Waals surface area contributed by atoms with Gasteiger partial charge in [-0.05, 0) is 42.0 Å². The molecule has 0 saturated heterocycles. The second-order valence-electron chi connectivity index (χ2n) is 7.74. The fraction of sp³-hybridized carbons (Fsp3) is 0.304. The summed E-state index contributed by atoms with van der Waals surface area (Å²) in [6, 6.07) is 16.6. The number of nitrogens with one attached hydrogen (secondary N) is 1. The van der Waals surface area contributed by atoms with Gasteiger partial charge in [-0.25, -0.2) is 4.39 Å². The van der Waals surface area contributed by atoms with Crippen molar-refractivity contribution in [3.8, 4) is 0 Å². The van der Waals surface area contributed by atoms with E-state index < -0.39 is 11.7 Å². The molecule has 0 radical (unpaired) electrons. The van der Waals surface area contributed by atoms with Crippen LogP contribution < -0.4 is 4.90 Å². The number of aromatic nitrogens is 1. The summed E-state index contributed by atoms with van der Waals surface area (Å²) in [4.78, 5) is 1.28. The topological polar surface area (TPSA) is 9.37 Å². The lowest BCUT2D eigenvalue weighted by Crippen LogP contribution is -3.10. The molecule has 0 amide bonds. The van der Waals surface area contributed by atoms with E-state index in [9.17, 15) is 17.6 Å². The van der Waals surface area contributed by atoms with Crippen LogP contribution in [0.2, 0.25) is 0 Å². The summed E-state index contributed by atoms with van der Waals surface area (Å²) in [6.45, 7) is 1.95. The molecule has 1 heterocycles. The van der Waals surface area contributed by atoms with Crippen molar-refractivity contribution in [2.24, 2.45) is 0 Å². The van der Waals surface area contributed by atoms with Crippen molar-refractivity contribution in [2.75, 3.05) is 0 Å². The average Bonchev–Trinajstić information content (AvgIpc) is 3.44. The van der Waals surface area contributed by atoms with Crippen molar-refractivity contribution in [1.29, 1.82) is 0 Å². The predicted molar refractivity (Wildman–Crippen MR) is 103 cm³/mol. The summed E-state index contributed by atoms with van der Waals surface area (Å²) >= 11 is 0. The Morgan fingerprint density at radius 3 is 2.34 bits per heavy atom. The van der Waals surface area contributed by atoms with Crippen LogP contribution >= 0.6 is 0 Å². The van der Waals surface area contributed by atoms with Gasteiger partial charge in [-0.2, -0.15) is 13.2 Å². The summed E-state index contributed by atoms with van der Waals surface area (Å²) in [5.74, 6) is -0.257. The summed E-state index contributed by atoms with van der Waals surface area (Å²) in [7, 11) is 0. The van der Waals surface area contributed by atoms with Gasteiger partial charge in [0.2, 0.25) is 0 Å². The fourth-order valence-corrected chi connectivity index (χ4v) is 3.75. The lowest BCUT2D eigenvalue weighted by molar-refractivity contribution is -0.938. The Morgan fingerprint density at radius 1 is 0.897 bits per heavy atom. The normalized spacial score (nSPS) is 15.4. The minimum atomic E-state index is -4.32. The standard InChI is InChI=1S/C23H22F4N2/c24-20-8-6-17(7-9-20)14-28-12-2-5-22(28)16-29(21-10-11-21)15-18-3-1-4-19(13-18)23(25,26)27/h1-9,12-13,21H,10-11,14-16H2/p+1. The largest absolute Gasteiger partial charge is 0.416 e. The van der Waals surface area contributed by atoms with Crippen molar-refractivity contribution in [2.45, 2.75) is 44.7 Å². The number of rotatable bonds is 7. The molecule has 152 valence electrons. The molecular formula is C23H23F4N2+. The van der Waals surface area contributed by atoms with E-state index in [-0.39, 0.29) is 5.82 Å². The van der Waals surface area contributed by atoms with E-state index in [1.54, 1.807) is 18.2 Å².